The molecule has 1 rings (SSSR count). The van der Waals surface area contributed by atoms with E-state index in [0.29, 0.717) is 12.6 Å². The molecule has 0 aromatic heterocycles. The summed E-state index contributed by atoms with van der Waals surface area (Å²) in [6, 6.07) is 8.94. The first kappa shape index (κ1) is 12.2. The molecule has 3 N–H and O–H groups in total. The van der Waals surface area contributed by atoms with E-state index in [4.69, 9.17) is 5.73 Å². The van der Waals surface area contributed by atoms with E-state index >= 15 is 0 Å². The lowest BCUT2D eigenvalue weighted by Gasteiger charge is -2.14. The predicted molar refractivity (Wildman–Crippen MR) is 65.5 cm³/mol. The summed E-state index contributed by atoms with van der Waals surface area (Å²) >= 11 is 0. The normalized spacial score (nSPS) is 12.7. The van der Waals surface area contributed by atoms with Crippen LogP contribution in [-0.2, 0) is 13.1 Å². The second-order valence-corrected chi connectivity index (χ2v) is 4.04. The lowest BCUT2D eigenvalue weighted by molar-refractivity contribution is 0.507. The van der Waals surface area contributed by atoms with Crippen LogP contribution in [0.4, 0.5) is 0 Å². The van der Waals surface area contributed by atoms with Crippen molar-refractivity contribution in [1.29, 1.82) is 0 Å². The largest absolute Gasteiger partial charge is 0.326 e. The molecule has 0 saturated carbocycles. The van der Waals surface area contributed by atoms with Gasteiger partial charge in [0.2, 0.25) is 0 Å². The van der Waals surface area contributed by atoms with Crippen LogP contribution < -0.4 is 11.1 Å². The number of rotatable bonds is 6. The van der Waals surface area contributed by atoms with Crippen molar-refractivity contribution < 1.29 is 0 Å². The molecule has 1 aromatic carbocycles. The minimum atomic E-state index is 0.584. The molecule has 0 aliphatic carbocycles. The van der Waals surface area contributed by atoms with E-state index in [1.807, 2.05) is 6.07 Å². The quantitative estimate of drug-likeness (QED) is 0.750. The maximum atomic E-state index is 5.69. The molecule has 2 nitrogen and oxygen atoms in total. The van der Waals surface area contributed by atoms with Crippen molar-refractivity contribution in [3.8, 4) is 0 Å². The monoisotopic (exact) mass is 206 g/mol. The molecule has 0 heterocycles. The fraction of sp³-hybridized carbons (Fsp3) is 0.538. The Kier molecular flexibility index (Phi) is 5.37. The Bertz CT molecular complexity index is 284. The van der Waals surface area contributed by atoms with Crippen LogP contribution in [0.3, 0.4) is 0 Å². The van der Waals surface area contributed by atoms with Crippen LogP contribution in [0.2, 0.25) is 0 Å². The summed E-state index contributed by atoms with van der Waals surface area (Å²) in [5, 5.41) is 3.52. The van der Waals surface area contributed by atoms with Crippen LogP contribution in [0.5, 0.6) is 0 Å². The first-order valence-corrected chi connectivity index (χ1v) is 5.78. The zero-order valence-corrected chi connectivity index (χ0v) is 9.79. The van der Waals surface area contributed by atoms with Gasteiger partial charge < -0.3 is 11.1 Å². The summed E-state index contributed by atoms with van der Waals surface area (Å²) in [4.78, 5) is 0. The van der Waals surface area contributed by atoms with Crippen LogP contribution in [-0.4, -0.2) is 6.04 Å². The molecular weight excluding hydrogens is 184 g/mol. The second kappa shape index (κ2) is 6.59. The molecule has 84 valence electrons. The minimum absolute atomic E-state index is 0.584. The maximum absolute atomic E-state index is 5.69. The highest BCUT2D eigenvalue weighted by Gasteiger charge is 2.02. The summed E-state index contributed by atoms with van der Waals surface area (Å²) < 4.78 is 0. The Morgan fingerprint density at radius 3 is 2.53 bits per heavy atom. The summed E-state index contributed by atoms with van der Waals surface area (Å²) in [7, 11) is 0. The Morgan fingerprint density at radius 1 is 1.27 bits per heavy atom. The first-order valence-electron chi connectivity index (χ1n) is 5.78. The minimum Gasteiger partial charge on any atom is -0.326 e. The van der Waals surface area contributed by atoms with Crippen molar-refractivity contribution in [3.63, 3.8) is 0 Å². The second-order valence-electron chi connectivity index (χ2n) is 4.04. The molecule has 15 heavy (non-hydrogen) atoms. The number of hydrogen-bond donors (Lipinski definition) is 2. The van der Waals surface area contributed by atoms with Gasteiger partial charge in [-0.25, -0.2) is 0 Å². The van der Waals surface area contributed by atoms with Gasteiger partial charge in [0.25, 0.3) is 0 Å². The first-order chi connectivity index (χ1) is 7.27. The summed E-state index contributed by atoms with van der Waals surface area (Å²) in [5.74, 6) is 0. The topological polar surface area (TPSA) is 38.0 Å². The molecule has 1 atom stereocenters. The van der Waals surface area contributed by atoms with Gasteiger partial charge in [-0.1, -0.05) is 37.6 Å². The number of hydrogen-bond acceptors (Lipinski definition) is 2. The van der Waals surface area contributed by atoms with Crippen molar-refractivity contribution in [1.82, 2.24) is 5.32 Å². The zero-order chi connectivity index (χ0) is 11.1. The van der Waals surface area contributed by atoms with Gasteiger partial charge in [-0.3, -0.25) is 0 Å². The van der Waals surface area contributed by atoms with Crippen molar-refractivity contribution >= 4 is 0 Å². The Hall–Kier alpha value is -0.860. The summed E-state index contributed by atoms with van der Waals surface area (Å²) in [5.41, 5.74) is 8.25. The van der Waals surface area contributed by atoms with Crippen LogP contribution in [0, 0.1) is 0 Å². The van der Waals surface area contributed by atoms with E-state index in [0.717, 1.165) is 6.54 Å². The van der Waals surface area contributed by atoms with Crippen molar-refractivity contribution in [3.05, 3.63) is 35.4 Å². The third kappa shape index (κ3) is 4.02. The molecule has 2 heteroatoms. The smallest absolute Gasteiger partial charge is 0.0211 e. The van der Waals surface area contributed by atoms with E-state index in [1.54, 1.807) is 0 Å². The van der Waals surface area contributed by atoms with E-state index in [1.165, 1.54) is 24.0 Å². The fourth-order valence-electron chi connectivity index (χ4n) is 1.75. The highest BCUT2D eigenvalue weighted by Crippen LogP contribution is 2.08. The molecule has 0 aliphatic rings. The maximum Gasteiger partial charge on any atom is 0.0211 e. The Labute approximate surface area is 92.9 Å². The number of nitrogens with two attached hydrogens (primary N) is 1. The molecule has 0 amide bonds. The van der Waals surface area contributed by atoms with E-state index in [2.05, 4.69) is 37.4 Å². The predicted octanol–water partition coefficient (Wildman–Crippen LogP) is 2.42. The van der Waals surface area contributed by atoms with Gasteiger partial charge >= 0.3 is 0 Å². The van der Waals surface area contributed by atoms with Crippen LogP contribution >= 0.6 is 0 Å². The standard InChI is InChI=1S/C13H22N2/c1-3-6-11(2)15-10-13-8-5-4-7-12(13)9-14/h4-5,7-8,11,15H,3,6,9-10,14H2,1-2H3. The summed E-state index contributed by atoms with van der Waals surface area (Å²) in [6.07, 6.45) is 2.46. The van der Waals surface area contributed by atoms with Gasteiger partial charge in [0.05, 0.1) is 0 Å². The van der Waals surface area contributed by atoms with Gasteiger partial charge in [0, 0.05) is 19.1 Å². The van der Waals surface area contributed by atoms with Gasteiger partial charge in [-0.05, 0) is 24.5 Å². The third-order valence-corrected chi connectivity index (χ3v) is 2.70. The molecule has 0 bridgehead atoms. The summed E-state index contributed by atoms with van der Waals surface area (Å²) in [6.45, 7) is 6.00. The van der Waals surface area contributed by atoms with E-state index < -0.39 is 0 Å². The molecule has 0 aliphatic heterocycles. The molecule has 1 aromatic rings. The van der Waals surface area contributed by atoms with Gasteiger partial charge in [-0.15, -0.1) is 0 Å². The fourth-order valence-corrected chi connectivity index (χ4v) is 1.75. The lowest BCUT2D eigenvalue weighted by Crippen LogP contribution is -2.25. The lowest BCUT2D eigenvalue weighted by atomic mass is 10.1. The average molecular weight is 206 g/mol. The van der Waals surface area contributed by atoms with Gasteiger partial charge in [0.15, 0.2) is 0 Å². The number of benzene rings is 1. The average Bonchev–Trinajstić information content (AvgIpc) is 2.27. The molecular formula is C13H22N2. The van der Waals surface area contributed by atoms with Crippen LogP contribution in [0.15, 0.2) is 24.3 Å². The zero-order valence-electron chi connectivity index (χ0n) is 9.79. The Balaban J connectivity index is 2.49. The molecule has 0 fully saturated rings. The van der Waals surface area contributed by atoms with Crippen molar-refractivity contribution in [2.45, 2.75) is 45.8 Å². The molecule has 1 unspecified atom stereocenters. The molecule has 0 saturated heterocycles. The SMILES string of the molecule is CCCC(C)NCc1ccccc1CN. The highest BCUT2D eigenvalue weighted by atomic mass is 14.9. The highest BCUT2D eigenvalue weighted by molar-refractivity contribution is 5.26. The van der Waals surface area contributed by atoms with Crippen molar-refractivity contribution in [2.75, 3.05) is 0 Å². The molecule has 0 radical (unpaired) electrons. The van der Waals surface area contributed by atoms with Crippen LogP contribution in [0.1, 0.15) is 37.8 Å². The van der Waals surface area contributed by atoms with Gasteiger partial charge in [-0.2, -0.15) is 0 Å². The third-order valence-electron chi connectivity index (χ3n) is 2.70. The van der Waals surface area contributed by atoms with Crippen LogP contribution in [0.25, 0.3) is 0 Å². The molecule has 0 spiro atoms. The van der Waals surface area contributed by atoms with Crippen molar-refractivity contribution in [2.24, 2.45) is 5.73 Å². The Morgan fingerprint density at radius 2 is 1.93 bits per heavy atom. The van der Waals surface area contributed by atoms with E-state index in [9.17, 15) is 0 Å². The van der Waals surface area contributed by atoms with Gasteiger partial charge in [0.1, 0.15) is 0 Å². The van der Waals surface area contributed by atoms with E-state index in [-0.39, 0.29) is 0 Å². The number of nitrogens with one attached hydrogen (secondary N) is 1.